The van der Waals surface area contributed by atoms with Crippen LogP contribution in [0, 0.1) is 55.4 Å². The van der Waals surface area contributed by atoms with Crippen molar-refractivity contribution in [3.8, 4) is 45.0 Å². The number of aromatic nitrogens is 4. The van der Waals surface area contributed by atoms with Gasteiger partial charge in [-0.2, -0.15) is 0 Å². The smallest absolute Gasteiger partial charge is 0.201 e. The minimum atomic E-state index is 1.23. The Labute approximate surface area is 445 Å². The van der Waals surface area contributed by atoms with Crippen LogP contribution in [0.4, 0.5) is 0 Å². The Balaban J connectivity index is 0.000000121. The van der Waals surface area contributed by atoms with Crippen LogP contribution in [0.5, 0.6) is 0 Å². The van der Waals surface area contributed by atoms with Crippen molar-refractivity contribution in [1.29, 1.82) is 0 Å². The van der Waals surface area contributed by atoms with E-state index in [4.69, 9.17) is 0 Å². The second kappa shape index (κ2) is 22.9. The van der Waals surface area contributed by atoms with E-state index in [9.17, 15) is 0 Å². The summed E-state index contributed by atoms with van der Waals surface area (Å²) in [5.41, 5.74) is 34.3. The zero-order valence-electron chi connectivity index (χ0n) is 47.2. The predicted octanol–water partition coefficient (Wildman–Crippen LogP) is 13.9. The molecule has 4 aromatic carbocycles. The van der Waals surface area contributed by atoms with Gasteiger partial charge in [0.2, 0.25) is 22.8 Å². The Hall–Kier alpha value is -6.52. The van der Waals surface area contributed by atoms with E-state index in [-0.39, 0.29) is 0 Å². The average Bonchev–Trinajstić information content (AvgIpc) is 4.05. The molecule has 0 radical (unpaired) electrons. The van der Waals surface area contributed by atoms with Gasteiger partial charge in [-0.3, -0.25) is 0 Å². The molecule has 0 saturated heterocycles. The third-order valence-electron chi connectivity index (χ3n) is 16.6. The third kappa shape index (κ3) is 11.6. The van der Waals surface area contributed by atoms with Gasteiger partial charge in [-0.25, -0.2) is 18.3 Å². The number of fused-ring (bicyclic) bond motifs is 4. The number of nitrogens with zero attached hydrogens (tertiary/aromatic N) is 4. The molecule has 4 aliphatic rings. The third-order valence-corrected chi connectivity index (χ3v) is 16.6. The molecule has 4 aromatic heterocycles. The van der Waals surface area contributed by atoms with Gasteiger partial charge < -0.3 is 0 Å². The van der Waals surface area contributed by atoms with E-state index in [2.05, 4.69) is 224 Å². The first-order chi connectivity index (χ1) is 35.6. The number of hydrogen-bond donors (Lipinski definition) is 0. The van der Waals surface area contributed by atoms with Gasteiger partial charge in [0.15, 0.2) is 24.8 Å². The molecule has 380 valence electrons. The molecule has 74 heavy (non-hydrogen) atoms. The Kier molecular flexibility index (Phi) is 16.2. The highest BCUT2D eigenvalue weighted by molar-refractivity contribution is 5.68. The molecule has 0 unspecified atom stereocenters. The number of hydrogen-bond acceptors (Lipinski definition) is 0. The fourth-order valence-corrected chi connectivity index (χ4v) is 12.7. The van der Waals surface area contributed by atoms with Crippen molar-refractivity contribution < 1.29 is 18.3 Å². The zero-order valence-corrected chi connectivity index (χ0v) is 47.2. The highest BCUT2D eigenvalue weighted by Crippen LogP contribution is 2.34. The van der Waals surface area contributed by atoms with Gasteiger partial charge in [0, 0.05) is 68.8 Å². The highest BCUT2D eigenvalue weighted by atomic mass is 14.9. The average molecular weight is 981 g/mol. The van der Waals surface area contributed by atoms with Crippen LogP contribution in [0.3, 0.4) is 0 Å². The van der Waals surface area contributed by atoms with Crippen LogP contribution in [0.25, 0.3) is 45.0 Å². The van der Waals surface area contributed by atoms with E-state index in [1.807, 2.05) is 0 Å². The molecule has 8 aromatic rings. The number of aryl methyl sites for hydroxylation is 18. The molecule has 4 nitrogen and oxygen atoms in total. The van der Waals surface area contributed by atoms with Gasteiger partial charge in [-0.1, -0.05) is 70.8 Å². The van der Waals surface area contributed by atoms with Gasteiger partial charge in [-0.05, 0) is 214 Å². The Morgan fingerprint density at radius 2 is 0.595 bits per heavy atom. The Morgan fingerprint density at radius 3 is 1.01 bits per heavy atom. The topological polar surface area (TPSA) is 15.5 Å². The van der Waals surface area contributed by atoms with Crippen molar-refractivity contribution in [2.45, 2.75) is 145 Å². The predicted molar refractivity (Wildman–Crippen MR) is 307 cm³/mol. The molecule has 0 N–H and O–H groups in total. The van der Waals surface area contributed by atoms with E-state index in [0.29, 0.717) is 0 Å². The second-order valence-electron chi connectivity index (χ2n) is 22.6. The lowest BCUT2D eigenvalue weighted by molar-refractivity contribution is -0.661. The number of benzene rings is 4. The number of rotatable bonds is 4. The summed E-state index contributed by atoms with van der Waals surface area (Å²) in [7, 11) is 8.66. The van der Waals surface area contributed by atoms with Crippen LogP contribution in [-0.2, 0) is 79.6 Å². The summed E-state index contributed by atoms with van der Waals surface area (Å²) in [6, 6.07) is 36.4. The highest BCUT2D eigenvalue weighted by Gasteiger charge is 2.26. The van der Waals surface area contributed by atoms with E-state index >= 15 is 0 Å². The van der Waals surface area contributed by atoms with Crippen molar-refractivity contribution in [1.82, 2.24) is 0 Å². The summed E-state index contributed by atoms with van der Waals surface area (Å²) >= 11 is 0. The minimum absolute atomic E-state index is 1.23. The maximum Gasteiger partial charge on any atom is 0.216 e. The van der Waals surface area contributed by atoms with Crippen LogP contribution in [-0.4, -0.2) is 0 Å². The van der Waals surface area contributed by atoms with Crippen molar-refractivity contribution in [3.63, 3.8) is 0 Å². The lowest BCUT2D eigenvalue weighted by Crippen LogP contribution is -2.33. The molecular formula is C70H84N4+4. The van der Waals surface area contributed by atoms with Crippen molar-refractivity contribution in [3.05, 3.63) is 211 Å². The van der Waals surface area contributed by atoms with Crippen molar-refractivity contribution in [2.75, 3.05) is 0 Å². The first kappa shape index (κ1) is 52.3. The maximum absolute atomic E-state index is 2.41. The standard InChI is InChI=1S/2C18H22N.2C17H20N/c1-13-8-9-17(14(2)10-13)18-11-15-6-4-5-7-16(15)12-19(18)3;1-13-8-9-16(14(2)12-13)18-17-7-5-4-6-15(17)10-11-19(18)3;1-12-7-8-16(13(2)9-12)17-10-14-5-4-6-15(14)11-18(17)3;1-12-7-8-15(13(2)11-12)17-16-6-4-5-14(16)9-10-18(17)3/h2*8-12H,4-7H2,1-3H3;2*7-11H,4-6H2,1-3H3/q4*+1. The molecule has 0 amide bonds. The lowest BCUT2D eigenvalue weighted by atomic mass is 9.87. The first-order valence-electron chi connectivity index (χ1n) is 28.0. The van der Waals surface area contributed by atoms with Gasteiger partial charge in [-0.15, -0.1) is 0 Å². The summed E-state index contributed by atoms with van der Waals surface area (Å²) in [4.78, 5) is 0. The molecule has 4 aliphatic carbocycles. The summed E-state index contributed by atoms with van der Waals surface area (Å²) in [5, 5.41) is 0. The van der Waals surface area contributed by atoms with E-state index in [0.717, 1.165) is 0 Å². The minimum Gasteiger partial charge on any atom is -0.201 e. The summed E-state index contributed by atoms with van der Waals surface area (Å²) in [6.45, 7) is 17.5. The molecule has 4 heterocycles. The summed E-state index contributed by atoms with van der Waals surface area (Å²) in [5.74, 6) is 0. The van der Waals surface area contributed by atoms with Crippen molar-refractivity contribution >= 4 is 0 Å². The van der Waals surface area contributed by atoms with Gasteiger partial charge in [0.05, 0.1) is 0 Å². The van der Waals surface area contributed by atoms with Crippen LogP contribution in [0.1, 0.15) is 128 Å². The molecule has 0 aliphatic heterocycles. The molecule has 12 rings (SSSR count). The Morgan fingerprint density at radius 1 is 0.284 bits per heavy atom. The fourth-order valence-electron chi connectivity index (χ4n) is 12.7. The normalized spacial score (nSPS) is 14.0. The largest absolute Gasteiger partial charge is 0.216 e. The first-order valence-corrected chi connectivity index (χ1v) is 28.0. The molecule has 0 bridgehead atoms. The van der Waals surface area contributed by atoms with Gasteiger partial charge in [0.25, 0.3) is 0 Å². The van der Waals surface area contributed by atoms with Crippen LogP contribution < -0.4 is 18.3 Å². The zero-order chi connectivity index (χ0) is 52.2. The lowest BCUT2D eigenvalue weighted by Gasteiger charge is -2.18. The fraction of sp³-hybridized carbons (Fsp3) is 0.371. The second-order valence-corrected chi connectivity index (χ2v) is 22.6. The van der Waals surface area contributed by atoms with Crippen LogP contribution in [0.2, 0.25) is 0 Å². The molecule has 0 atom stereocenters. The molecule has 0 fully saturated rings. The van der Waals surface area contributed by atoms with Crippen LogP contribution >= 0.6 is 0 Å². The summed E-state index contributed by atoms with van der Waals surface area (Å²) < 4.78 is 9.15. The Bertz CT molecular complexity index is 3370. The van der Waals surface area contributed by atoms with E-state index in [1.165, 1.54) is 185 Å². The molecule has 0 spiro atoms. The number of pyridine rings is 4. The van der Waals surface area contributed by atoms with Gasteiger partial charge in [0.1, 0.15) is 28.2 Å². The van der Waals surface area contributed by atoms with E-state index in [1.54, 1.807) is 38.9 Å². The SMILES string of the molecule is Cc1ccc(-c2c3c(cc[n+]2C)CCC3)c(C)c1.Cc1ccc(-c2c3c(cc[n+]2C)CCCC3)c(C)c1.Cc1ccc(-c2cc3c(c[n+]2C)CCC3)c(C)c1.Cc1ccc(-c2cc3c(c[n+]2C)CCCC3)c(C)c1. The van der Waals surface area contributed by atoms with Crippen LogP contribution in [0.15, 0.2) is 122 Å². The van der Waals surface area contributed by atoms with E-state index < -0.39 is 0 Å². The van der Waals surface area contributed by atoms with Gasteiger partial charge >= 0.3 is 0 Å². The summed E-state index contributed by atoms with van der Waals surface area (Å²) in [6.07, 6.45) is 27.0. The maximum atomic E-state index is 2.41. The molecule has 0 saturated carbocycles. The monoisotopic (exact) mass is 981 g/mol. The molecular weight excluding hydrogens is 897 g/mol. The van der Waals surface area contributed by atoms with Crippen molar-refractivity contribution in [2.24, 2.45) is 28.2 Å². The quantitative estimate of drug-likeness (QED) is 0.156. The molecule has 4 heteroatoms.